The maximum Gasteiger partial charge on any atom is 0.286 e. The van der Waals surface area contributed by atoms with E-state index in [0.717, 1.165) is 41.0 Å². The summed E-state index contributed by atoms with van der Waals surface area (Å²) in [5.41, 5.74) is 2.55. The van der Waals surface area contributed by atoms with E-state index >= 15 is 0 Å². The van der Waals surface area contributed by atoms with Crippen LogP contribution in [0.3, 0.4) is 0 Å². The molecule has 2 heterocycles. The normalized spacial score (nSPS) is 14.1. The highest BCUT2D eigenvalue weighted by Crippen LogP contribution is 2.37. The van der Waals surface area contributed by atoms with Crippen molar-refractivity contribution >= 4 is 38.3 Å². The van der Waals surface area contributed by atoms with Gasteiger partial charge in [-0.2, -0.15) is 0 Å². The molecule has 0 unspecified atom stereocenters. The second-order valence-corrected chi connectivity index (χ2v) is 9.65. The summed E-state index contributed by atoms with van der Waals surface area (Å²) in [6.07, 6.45) is 0.681. The van der Waals surface area contributed by atoms with E-state index in [1.54, 1.807) is 4.90 Å². The van der Waals surface area contributed by atoms with Crippen LogP contribution in [0.5, 0.6) is 11.5 Å². The van der Waals surface area contributed by atoms with Crippen LogP contribution in [-0.4, -0.2) is 74.3 Å². The lowest BCUT2D eigenvalue weighted by molar-refractivity contribution is -0.385. The molecule has 1 aliphatic rings. The molecule has 1 fully saturated rings. The number of benzene rings is 2. The number of fused-ring (bicyclic) bond motifs is 1. The van der Waals surface area contributed by atoms with E-state index in [2.05, 4.69) is 11.0 Å². The number of rotatable bonds is 9. The van der Waals surface area contributed by atoms with Gasteiger partial charge in [0, 0.05) is 32.2 Å². The number of nitrogens with zero attached hydrogens (tertiary/aromatic N) is 4. The number of thiazole rings is 1. The molecule has 3 aromatic rings. The zero-order valence-electron chi connectivity index (χ0n) is 20.9. The Hall–Kier alpha value is -3.28. The molecule has 4 rings (SSSR count). The van der Waals surface area contributed by atoms with Gasteiger partial charge in [0.05, 0.1) is 48.6 Å². The lowest BCUT2D eigenvalue weighted by Gasteiger charge is -2.27. The summed E-state index contributed by atoms with van der Waals surface area (Å²) < 4.78 is 17.0. The van der Waals surface area contributed by atoms with Crippen molar-refractivity contribution in [3.8, 4) is 11.5 Å². The third kappa shape index (κ3) is 5.43. The number of anilines is 1. The number of hydrogen-bond donors (Lipinski definition) is 0. The van der Waals surface area contributed by atoms with Crippen LogP contribution < -0.4 is 14.4 Å². The first-order valence-corrected chi connectivity index (χ1v) is 12.5. The molecule has 192 valence electrons. The van der Waals surface area contributed by atoms with Crippen LogP contribution in [0.15, 0.2) is 24.3 Å². The van der Waals surface area contributed by atoms with Crippen LogP contribution >= 0.6 is 11.3 Å². The Kier molecular flexibility index (Phi) is 8.02. The van der Waals surface area contributed by atoms with E-state index < -0.39 is 10.8 Å². The molecule has 1 saturated heterocycles. The zero-order chi connectivity index (χ0) is 25.8. The monoisotopic (exact) mass is 514 g/mol. The van der Waals surface area contributed by atoms with Gasteiger partial charge in [0.2, 0.25) is 0 Å². The minimum atomic E-state index is -0.576. The van der Waals surface area contributed by atoms with Crippen molar-refractivity contribution in [2.24, 2.45) is 0 Å². The molecule has 0 N–H and O–H groups in total. The van der Waals surface area contributed by atoms with Gasteiger partial charge in [-0.15, -0.1) is 0 Å². The van der Waals surface area contributed by atoms with Crippen LogP contribution in [0.4, 0.5) is 10.8 Å². The van der Waals surface area contributed by atoms with Crippen molar-refractivity contribution in [3.63, 3.8) is 0 Å². The highest BCUT2D eigenvalue weighted by atomic mass is 32.1. The fourth-order valence-electron chi connectivity index (χ4n) is 4.38. The molecule has 1 aromatic heterocycles. The third-order valence-electron chi connectivity index (χ3n) is 6.17. The van der Waals surface area contributed by atoms with E-state index in [9.17, 15) is 14.9 Å². The first-order valence-electron chi connectivity index (χ1n) is 11.7. The molecule has 0 radical (unpaired) electrons. The van der Waals surface area contributed by atoms with Gasteiger partial charge in [-0.3, -0.25) is 24.7 Å². The summed E-state index contributed by atoms with van der Waals surface area (Å²) in [4.78, 5) is 33.8. The van der Waals surface area contributed by atoms with Crippen molar-refractivity contribution in [3.05, 3.63) is 51.1 Å². The smallest absolute Gasteiger partial charge is 0.286 e. The molecular weight excluding hydrogens is 484 g/mol. The number of nitro benzene ring substituents is 1. The number of morpholine rings is 1. The summed E-state index contributed by atoms with van der Waals surface area (Å²) in [6, 6.07) is 6.66. The number of carbonyl (C=O) groups is 1. The molecule has 2 aromatic carbocycles. The van der Waals surface area contributed by atoms with Gasteiger partial charge >= 0.3 is 0 Å². The molecule has 0 atom stereocenters. The molecule has 11 heteroatoms. The van der Waals surface area contributed by atoms with Crippen molar-refractivity contribution in [1.82, 2.24) is 9.88 Å². The Bertz CT molecular complexity index is 1270. The van der Waals surface area contributed by atoms with Crippen molar-refractivity contribution in [1.29, 1.82) is 0 Å². The summed E-state index contributed by atoms with van der Waals surface area (Å²) in [5, 5.41) is 12.4. The fraction of sp³-hybridized carbons (Fsp3) is 0.440. The number of aryl methyl sites for hydroxylation is 2. The highest BCUT2D eigenvalue weighted by molar-refractivity contribution is 7.22. The van der Waals surface area contributed by atoms with Crippen LogP contribution in [0.25, 0.3) is 10.2 Å². The van der Waals surface area contributed by atoms with E-state index in [-0.39, 0.29) is 22.7 Å². The Morgan fingerprint density at radius 1 is 1.17 bits per heavy atom. The number of methoxy groups -OCH3 is 2. The van der Waals surface area contributed by atoms with Crippen LogP contribution in [0.2, 0.25) is 0 Å². The minimum Gasteiger partial charge on any atom is -0.493 e. The number of amides is 1. The summed E-state index contributed by atoms with van der Waals surface area (Å²) in [7, 11) is 2.82. The number of carbonyl (C=O) groups excluding carboxylic acids is 1. The van der Waals surface area contributed by atoms with Crippen molar-refractivity contribution < 1.29 is 23.9 Å². The summed E-state index contributed by atoms with van der Waals surface area (Å²) in [5.74, 6) is -0.0701. The Morgan fingerprint density at radius 3 is 2.53 bits per heavy atom. The predicted octanol–water partition coefficient (Wildman–Crippen LogP) is 4.21. The summed E-state index contributed by atoms with van der Waals surface area (Å²) >= 11 is 1.42. The highest BCUT2D eigenvalue weighted by Gasteiger charge is 2.30. The van der Waals surface area contributed by atoms with Crippen molar-refractivity contribution in [2.75, 3.05) is 58.5 Å². The van der Waals surface area contributed by atoms with Crippen LogP contribution in [-0.2, 0) is 4.74 Å². The number of ether oxygens (including phenoxy) is 3. The van der Waals surface area contributed by atoms with Gasteiger partial charge in [0.15, 0.2) is 16.6 Å². The Labute approximate surface area is 213 Å². The lowest BCUT2D eigenvalue weighted by Crippen LogP contribution is -2.39. The number of aromatic nitrogens is 1. The largest absolute Gasteiger partial charge is 0.493 e. The van der Waals surface area contributed by atoms with Gasteiger partial charge < -0.3 is 14.2 Å². The molecule has 10 nitrogen and oxygen atoms in total. The first-order chi connectivity index (χ1) is 17.3. The predicted molar refractivity (Wildman–Crippen MR) is 139 cm³/mol. The molecule has 0 saturated carbocycles. The van der Waals surface area contributed by atoms with Crippen LogP contribution in [0.1, 0.15) is 27.9 Å². The van der Waals surface area contributed by atoms with Gasteiger partial charge in [-0.1, -0.05) is 17.4 Å². The Balaban J connectivity index is 1.73. The van der Waals surface area contributed by atoms with Gasteiger partial charge in [-0.05, 0) is 37.5 Å². The number of nitro groups is 1. The molecule has 1 amide bonds. The molecule has 0 spiro atoms. The van der Waals surface area contributed by atoms with E-state index in [4.69, 9.17) is 19.2 Å². The van der Waals surface area contributed by atoms with Gasteiger partial charge in [-0.25, -0.2) is 4.98 Å². The van der Waals surface area contributed by atoms with E-state index in [0.29, 0.717) is 31.3 Å². The SMILES string of the molecule is COc1cc(C(=O)N(CCCN2CCOCC2)c2nc3cc(C)cc(C)c3s2)c([N+](=O)[O-])cc1OC. The second-order valence-electron chi connectivity index (χ2n) is 8.67. The second kappa shape index (κ2) is 11.2. The topological polar surface area (TPSA) is 107 Å². The maximum atomic E-state index is 13.9. The zero-order valence-corrected chi connectivity index (χ0v) is 21.7. The maximum absolute atomic E-state index is 13.9. The standard InChI is InChI=1S/C25H30N4O6S/c1-16-12-17(2)23-19(13-16)26-25(36-23)28(7-5-6-27-8-10-35-11-9-27)24(30)18-14-21(33-3)22(34-4)15-20(18)29(31)32/h12-15H,5-11H2,1-4H3. The molecular formula is C25H30N4O6S. The average molecular weight is 515 g/mol. The van der Waals surface area contributed by atoms with Gasteiger partial charge in [0.1, 0.15) is 5.56 Å². The van der Waals surface area contributed by atoms with E-state index in [1.165, 1.54) is 37.7 Å². The van der Waals surface area contributed by atoms with Crippen LogP contribution in [0, 0.1) is 24.0 Å². The van der Waals surface area contributed by atoms with Gasteiger partial charge in [0.25, 0.3) is 11.6 Å². The molecule has 1 aliphatic heterocycles. The van der Waals surface area contributed by atoms with E-state index in [1.807, 2.05) is 19.9 Å². The lowest BCUT2D eigenvalue weighted by atomic mass is 10.1. The molecule has 0 bridgehead atoms. The molecule has 0 aliphatic carbocycles. The average Bonchev–Trinajstić information content (AvgIpc) is 3.30. The summed E-state index contributed by atoms with van der Waals surface area (Å²) in [6.45, 7) is 8.23. The quantitative estimate of drug-likeness (QED) is 0.309. The first kappa shape index (κ1) is 25.8. The third-order valence-corrected chi connectivity index (χ3v) is 7.40. The molecule has 36 heavy (non-hydrogen) atoms. The fourth-order valence-corrected chi connectivity index (χ4v) is 5.42. The number of hydrogen-bond acceptors (Lipinski definition) is 9. The minimum absolute atomic E-state index is 0.0730. The van der Waals surface area contributed by atoms with Crippen molar-refractivity contribution in [2.45, 2.75) is 20.3 Å². The Morgan fingerprint density at radius 2 is 1.86 bits per heavy atom.